The molecule has 228 valence electrons. The molecule has 0 spiro atoms. The highest BCUT2D eigenvalue weighted by Crippen LogP contribution is 2.41. The van der Waals surface area contributed by atoms with Gasteiger partial charge in [-0.2, -0.15) is 0 Å². The van der Waals surface area contributed by atoms with Crippen LogP contribution in [0.15, 0.2) is 73.3 Å². The van der Waals surface area contributed by atoms with Crippen molar-refractivity contribution in [2.24, 2.45) is 0 Å². The predicted octanol–water partition coefficient (Wildman–Crippen LogP) is 0.892. The lowest BCUT2D eigenvalue weighted by atomic mass is 10.0. The highest BCUT2D eigenvalue weighted by molar-refractivity contribution is 8.00. The smallest absolute Gasteiger partial charge is 0.477 e. The van der Waals surface area contributed by atoms with Crippen LogP contribution in [0.2, 0.25) is 0 Å². The minimum absolute atomic E-state index is 0.00748. The van der Waals surface area contributed by atoms with E-state index in [0.717, 1.165) is 23.8 Å². The third-order valence-electron chi connectivity index (χ3n) is 6.65. The summed E-state index contributed by atoms with van der Waals surface area (Å²) in [7, 11) is 1.06. The summed E-state index contributed by atoms with van der Waals surface area (Å²) in [6, 6.07) is 9.42. The first-order valence-electron chi connectivity index (χ1n) is 12.7. The first-order valence-corrected chi connectivity index (χ1v) is 14.1. The molecule has 0 radical (unpaired) electrons. The molecule has 0 aliphatic carbocycles. The number of carboxylic acid groups (broad SMARTS) is 1. The molecule has 3 amide bonds. The maximum absolute atomic E-state index is 13.4. The summed E-state index contributed by atoms with van der Waals surface area (Å²) in [5, 5.41) is 13.6. The minimum Gasteiger partial charge on any atom is -0.477 e. The summed E-state index contributed by atoms with van der Waals surface area (Å²) in [6.07, 6.45) is -1.12. The molecule has 0 saturated carbocycles. The average Bonchev–Trinajstić information content (AvgIpc) is 3.01. The number of amides is 3. The van der Waals surface area contributed by atoms with Gasteiger partial charge in [-0.05, 0) is 17.7 Å². The molecule has 2 aliphatic rings. The lowest BCUT2D eigenvalue weighted by Crippen LogP contribution is -2.71. The van der Waals surface area contributed by atoms with Crippen molar-refractivity contribution in [1.29, 1.82) is 0 Å². The van der Waals surface area contributed by atoms with Crippen LogP contribution in [0.25, 0.3) is 11.0 Å². The van der Waals surface area contributed by atoms with Gasteiger partial charge in [0.25, 0.3) is 11.5 Å². The molecule has 15 nitrogen and oxygen atoms in total. The number of benzene rings is 2. The van der Waals surface area contributed by atoms with E-state index in [1.54, 1.807) is 30.3 Å². The molecule has 1 fully saturated rings. The number of aliphatic carboxylic acids is 1. The lowest BCUT2D eigenvalue weighted by Gasteiger charge is -2.49. The predicted molar refractivity (Wildman–Crippen MR) is 153 cm³/mol. The number of methoxy groups -OCH3 is 1. The second-order valence-corrected chi connectivity index (χ2v) is 10.9. The van der Waals surface area contributed by atoms with Gasteiger partial charge in [0.05, 0.1) is 17.5 Å². The molecule has 5 rings (SSSR count). The number of hydrogen-bond acceptors (Lipinski definition) is 11. The number of nitrogens with zero attached hydrogens (tertiary/aromatic N) is 2. The number of carbonyl (C=O) groups excluding carboxylic acids is 4. The molecule has 1 aromatic heterocycles. The van der Waals surface area contributed by atoms with E-state index >= 15 is 0 Å². The van der Waals surface area contributed by atoms with Crippen molar-refractivity contribution in [3.05, 3.63) is 85.7 Å². The quantitative estimate of drug-likeness (QED) is 0.178. The maximum atomic E-state index is 13.4. The van der Waals surface area contributed by atoms with Crippen molar-refractivity contribution < 1.29 is 43.0 Å². The third-order valence-corrected chi connectivity index (χ3v) is 8.40. The summed E-state index contributed by atoms with van der Waals surface area (Å²) in [4.78, 5) is 89.4. The van der Waals surface area contributed by atoms with E-state index in [4.69, 9.17) is 20.8 Å². The molecule has 3 N–H and O–H groups in total. The zero-order chi connectivity index (χ0) is 31.7. The van der Waals surface area contributed by atoms with Crippen molar-refractivity contribution >= 4 is 64.2 Å². The number of β-lactam (4-membered cyclic amide) rings is 1. The number of rotatable bonds is 8. The van der Waals surface area contributed by atoms with Crippen LogP contribution in [-0.4, -0.2) is 68.7 Å². The third kappa shape index (κ3) is 5.63. The Morgan fingerprint density at radius 3 is 2.52 bits per heavy atom. The summed E-state index contributed by atoms with van der Waals surface area (Å²) in [5.41, 5.74) is -1.32. The molecule has 2 aliphatic heterocycles. The van der Waals surface area contributed by atoms with E-state index in [2.05, 4.69) is 15.4 Å². The Hall–Kier alpha value is -5.09. The fraction of sp³-hybridized carbons (Fsp3) is 0.222. The molecule has 1 unspecified atom stereocenters. The maximum Gasteiger partial charge on any atom is 0.513 e. The average molecular weight is 645 g/mol. The zero-order valence-electron chi connectivity index (χ0n) is 22.5. The van der Waals surface area contributed by atoms with Gasteiger partial charge in [-0.15, -0.1) is 11.8 Å². The van der Waals surface area contributed by atoms with Gasteiger partial charge >= 0.3 is 17.9 Å². The first-order chi connectivity index (χ1) is 21.0. The van der Waals surface area contributed by atoms with Crippen molar-refractivity contribution in [3.8, 4) is 5.75 Å². The monoisotopic (exact) mass is 644 g/mol. The normalized spacial score (nSPS) is 18.1. The van der Waals surface area contributed by atoms with Crippen LogP contribution in [0, 0.1) is 0 Å². The topological polar surface area (TPSA) is 204 Å². The largest absolute Gasteiger partial charge is 0.513 e. The standard InChI is InChI=1S/C27H21ClN4O11S/c1-41-27(40)42-15-9-5-8-13-20(15)43-26(39)31(22(13)35)10-16(33)29-17(12-6-3-2-4-7-12)21(34)30-18-23(36)32-19(25(37)38)14(28)11-44-24(18)32/h2-9,17-18,24H,10-11H2,1H3,(H,29,33)(H,30,34)(H,37,38)/t17-,18-,24?/m1/s1. The number of thioether (sulfide) groups is 1. The minimum atomic E-state index is -1.38. The van der Waals surface area contributed by atoms with Gasteiger partial charge in [0.15, 0.2) is 11.3 Å². The van der Waals surface area contributed by atoms with E-state index in [9.17, 15) is 38.7 Å². The Balaban J connectivity index is 1.37. The van der Waals surface area contributed by atoms with E-state index < -0.39 is 65.2 Å². The first kappa shape index (κ1) is 30.4. The van der Waals surface area contributed by atoms with Crippen LogP contribution in [0.1, 0.15) is 11.6 Å². The Morgan fingerprint density at radius 1 is 1.11 bits per heavy atom. The van der Waals surface area contributed by atoms with E-state index in [-0.39, 0.29) is 33.2 Å². The number of nitrogens with one attached hydrogen (secondary N) is 2. The molecular formula is C27H21ClN4O11S. The molecule has 17 heteroatoms. The number of hydrogen-bond donors (Lipinski definition) is 3. The van der Waals surface area contributed by atoms with Gasteiger partial charge < -0.3 is 29.6 Å². The van der Waals surface area contributed by atoms with Crippen molar-refractivity contribution in [2.75, 3.05) is 12.9 Å². The summed E-state index contributed by atoms with van der Waals surface area (Å²) < 4.78 is 15.0. The Kier molecular flexibility index (Phi) is 8.46. The molecule has 3 atom stereocenters. The van der Waals surface area contributed by atoms with Crippen molar-refractivity contribution in [1.82, 2.24) is 20.1 Å². The number of fused-ring (bicyclic) bond motifs is 2. The number of carboxylic acids is 1. The van der Waals surface area contributed by atoms with Crippen LogP contribution >= 0.6 is 23.4 Å². The van der Waals surface area contributed by atoms with Gasteiger partial charge in [0, 0.05) is 5.75 Å². The van der Waals surface area contributed by atoms with Gasteiger partial charge in [0.2, 0.25) is 11.8 Å². The van der Waals surface area contributed by atoms with Gasteiger partial charge in [-0.1, -0.05) is 48.0 Å². The van der Waals surface area contributed by atoms with E-state index in [1.807, 2.05) is 0 Å². The second-order valence-electron chi connectivity index (χ2n) is 9.31. The van der Waals surface area contributed by atoms with Gasteiger partial charge in [0.1, 0.15) is 29.7 Å². The number of halogens is 1. The summed E-state index contributed by atoms with van der Waals surface area (Å²) >= 11 is 7.16. The SMILES string of the molecule is COC(=O)Oc1cccc2c(=O)n(CC(=O)N[C@@H](C(=O)N[C@@H]3C(=O)N4C(C(=O)O)=C(Cl)CSC34)c3ccccc3)c(=O)oc12. The molecule has 44 heavy (non-hydrogen) atoms. The summed E-state index contributed by atoms with van der Waals surface area (Å²) in [5.74, 6) is -5.19. The van der Waals surface area contributed by atoms with Crippen LogP contribution in [-0.2, 0) is 30.5 Å². The molecule has 2 aromatic carbocycles. The number of aromatic nitrogens is 1. The van der Waals surface area contributed by atoms with Crippen molar-refractivity contribution in [2.45, 2.75) is 24.0 Å². The number of carbonyl (C=O) groups is 5. The Morgan fingerprint density at radius 2 is 1.84 bits per heavy atom. The van der Waals surface area contributed by atoms with Crippen LogP contribution in [0.3, 0.4) is 0 Å². The highest BCUT2D eigenvalue weighted by atomic mass is 35.5. The van der Waals surface area contributed by atoms with Crippen LogP contribution in [0.5, 0.6) is 5.75 Å². The molecule has 0 bridgehead atoms. The molecule has 3 heterocycles. The molecular weight excluding hydrogens is 624 g/mol. The van der Waals surface area contributed by atoms with Gasteiger partial charge in [-0.25, -0.2) is 19.0 Å². The van der Waals surface area contributed by atoms with E-state index in [1.165, 1.54) is 18.2 Å². The zero-order valence-corrected chi connectivity index (χ0v) is 24.0. The molecule has 1 saturated heterocycles. The summed E-state index contributed by atoms with van der Waals surface area (Å²) in [6.45, 7) is -0.852. The van der Waals surface area contributed by atoms with Crippen LogP contribution in [0.4, 0.5) is 4.79 Å². The van der Waals surface area contributed by atoms with Gasteiger partial charge in [-0.3, -0.25) is 24.1 Å². The van der Waals surface area contributed by atoms with E-state index in [0.29, 0.717) is 10.1 Å². The lowest BCUT2D eigenvalue weighted by molar-refractivity contribution is -0.151. The number of para-hydroxylation sites is 1. The van der Waals surface area contributed by atoms with Crippen LogP contribution < -0.4 is 26.7 Å². The van der Waals surface area contributed by atoms with Crippen molar-refractivity contribution in [3.63, 3.8) is 0 Å². The Bertz CT molecular complexity index is 1860. The Labute approximate surface area is 255 Å². The number of ether oxygens (including phenoxy) is 2. The highest BCUT2D eigenvalue weighted by Gasteiger charge is 2.54. The molecule has 3 aromatic rings. The fourth-order valence-electron chi connectivity index (χ4n) is 4.62. The fourth-order valence-corrected chi connectivity index (χ4v) is 6.17. The second kappa shape index (κ2) is 12.3.